The summed E-state index contributed by atoms with van der Waals surface area (Å²) < 4.78 is 5.30. The van der Waals surface area contributed by atoms with Crippen molar-refractivity contribution < 1.29 is 19.4 Å². The Morgan fingerprint density at radius 2 is 2.00 bits per heavy atom. The lowest BCUT2D eigenvalue weighted by atomic mass is 9.79. The fourth-order valence-corrected chi connectivity index (χ4v) is 2.69. The summed E-state index contributed by atoms with van der Waals surface area (Å²) in [5.41, 5.74) is 2.58. The van der Waals surface area contributed by atoms with E-state index in [4.69, 9.17) is 4.74 Å². The van der Waals surface area contributed by atoms with Gasteiger partial charge in [-0.15, -0.1) is 0 Å². The zero-order valence-electron chi connectivity index (χ0n) is 10.4. The quantitative estimate of drug-likeness (QED) is 0.616. The van der Waals surface area contributed by atoms with Gasteiger partial charge in [0.15, 0.2) is 0 Å². The van der Waals surface area contributed by atoms with Crippen molar-refractivity contribution in [2.45, 2.75) is 12.8 Å². The minimum atomic E-state index is -0.658. The number of carbonyl (C=O) groups is 2. The van der Waals surface area contributed by atoms with Gasteiger partial charge in [0.05, 0.1) is 7.11 Å². The van der Waals surface area contributed by atoms with E-state index >= 15 is 0 Å². The number of ether oxygens (including phenoxy) is 1. The molecule has 0 radical (unpaired) electrons. The molecule has 0 spiro atoms. The van der Waals surface area contributed by atoms with E-state index < -0.39 is 11.6 Å². The smallest absolute Gasteiger partial charge is 0.229 e. The highest BCUT2D eigenvalue weighted by Crippen LogP contribution is 2.42. The van der Waals surface area contributed by atoms with E-state index in [1.807, 2.05) is 12.1 Å². The first-order valence-corrected chi connectivity index (χ1v) is 6.02. The Labute approximate surface area is 110 Å². The van der Waals surface area contributed by atoms with Crippen molar-refractivity contribution >= 4 is 17.1 Å². The highest BCUT2D eigenvalue weighted by molar-refractivity contribution is 6.50. The molecule has 0 atom stereocenters. The molecule has 0 saturated heterocycles. The number of ketones is 2. The van der Waals surface area contributed by atoms with Crippen LogP contribution in [0.5, 0.6) is 5.75 Å². The first-order valence-electron chi connectivity index (χ1n) is 6.02. The van der Waals surface area contributed by atoms with Gasteiger partial charge in [-0.3, -0.25) is 9.59 Å². The summed E-state index contributed by atoms with van der Waals surface area (Å²) in [6.45, 7) is 0. The number of Topliss-reactive ketones (excluding diaryl/α,β-unsaturated/α-hetero) is 1. The van der Waals surface area contributed by atoms with Gasteiger partial charge < -0.3 is 9.84 Å². The van der Waals surface area contributed by atoms with Crippen LogP contribution < -0.4 is 4.74 Å². The maximum absolute atomic E-state index is 11.9. The van der Waals surface area contributed by atoms with Crippen molar-refractivity contribution in [2.24, 2.45) is 0 Å². The molecule has 19 heavy (non-hydrogen) atoms. The third-order valence-electron chi connectivity index (χ3n) is 3.55. The molecule has 96 valence electrons. The Morgan fingerprint density at radius 3 is 2.74 bits per heavy atom. The van der Waals surface area contributed by atoms with Crippen molar-refractivity contribution in [3.05, 3.63) is 46.7 Å². The summed E-state index contributed by atoms with van der Waals surface area (Å²) in [4.78, 5) is 23.4. The van der Waals surface area contributed by atoms with Crippen molar-refractivity contribution in [2.75, 3.05) is 7.11 Å². The number of aliphatic hydroxyl groups excluding tert-OH is 1. The first kappa shape index (κ1) is 11.7. The molecule has 4 heteroatoms. The second-order valence-corrected chi connectivity index (χ2v) is 4.57. The van der Waals surface area contributed by atoms with Gasteiger partial charge in [0.1, 0.15) is 11.5 Å². The average Bonchev–Trinajstić information content (AvgIpc) is 2.43. The normalized spacial score (nSPS) is 17.8. The van der Waals surface area contributed by atoms with Gasteiger partial charge in [-0.25, -0.2) is 0 Å². The molecule has 0 fully saturated rings. The number of rotatable bonds is 1. The van der Waals surface area contributed by atoms with Crippen LogP contribution in [-0.2, 0) is 16.0 Å². The van der Waals surface area contributed by atoms with Gasteiger partial charge in [0, 0.05) is 22.8 Å². The molecule has 1 N–H and O–H groups in total. The monoisotopic (exact) mass is 256 g/mol. The number of hydrogen-bond acceptors (Lipinski definition) is 4. The van der Waals surface area contributed by atoms with Gasteiger partial charge in [-0.05, 0) is 24.5 Å². The van der Waals surface area contributed by atoms with Crippen LogP contribution in [0.2, 0.25) is 0 Å². The Morgan fingerprint density at radius 1 is 1.21 bits per heavy atom. The van der Waals surface area contributed by atoms with Crippen molar-refractivity contribution in [3.63, 3.8) is 0 Å². The van der Waals surface area contributed by atoms with Crippen molar-refractivity contribution in [1.82, 2.24) is 0 Å². The summed E-state index contributed by atoms with van der Waals surface area (Å²) in [7, 11) is 1.54. The van der Waals surface area contributed by atoms with E-state index in [-0.39, 0.29) is 5.76 Å². The Bertz CT molecular complexity index is 665. The van der Waals surface area contributed by atoms with Crippen LogP contribution in [0.1, 0.15) is 17.5 Å². The number of methoxy groups -OCH3 is 1. The number of aryl methyl sites for hydroxylation is 1. The standard InChI is InChI=1S/C15H12O4/c1-19-12-4-2-3-8-5-6-9-14(13(8)12)10(16)7-11(17)15(9)18/h2-4,7,16H,5-6H2,1H3. The number of carbonyl (C=O) groups excluding carboxylic acids is 2. The predicted molar refractivity (Wildman–Crippen MR) is 69.0 cm³/mol. The van der Waals surface area contributed by atoms with Crippen LogP contribution in [0.3, 0.4) is 0 Å². The van der Waals surface area contributed by atoms with Crippen molar-refractivity contribution in [3.8, 4) is 5.75 Å². The van der Waals surface area contributed by atoms with Crippen LogP contribution >= 0.6 is 0 Å². The van der Waals surface area contributed by atoms with Crippen molar-refractivity contribution in [1.29, 1.82) is 0 Å². The van der Waals surface area contributed by atoms with Gasteiger partial charge >= 0.3 is 0 Å². The van der Waals surface area contributed by atoms with E-state index in [1.165, 1.54) is 0 Å². The molecule has 0 bridgehead atoms. The molecule has 3 rings (SSSR count). The molecule has 0 aliphatic heterocycles. The average molecular weight is 256 g/mol. The number of hydrogen-bond donors (Lipinski definition) is 1. The number of aliphatic hydroxyl groups is 1. The summed E-state index contributed by atoms with van der Waals surface area (Å²) >= 11 is 0. The summed E-state index contributed by atoms with van der Waals surface area (Å²) in [5, 5.41) is 10.0. The van der Waals surface area contributed by atoms with E-state index in [1.54, 1.807) is 13.2 Å². The van der Waals surface area contributed by atoms with E-state index in [2.05, 4.69) is 0 Å². The SMILES string of the molecule is COc1cccc2c1C1=C(CC2)C(=O)C(=O)C=C1O. The lowest BCUT2D eigenvalue weighted by molar-refractivity contribution is -0.131. The molecule has 0 amide bonds. The predicted octanol–water partition coefficient (Wildman–Crippen LogP) is 1.99. The number of allylic oxidation sites excluding steroid dienone is 3. The van der Waals surface area contributed by atoms with Crippen LogP contribution in [0.15, 0.2) is 35.6 Å². The molecule has 0 heterocycles. The molecule has 2 aliphatic rings. The molecule has 0 unspecified atom stereocenters. The topological polar surface area (TPSA) is 63.6 Å². The van der Waals surface area contributed by atoms with E-state index in [0.717, 1.165) is 17.2 Å². The molecular formula is C15H12O4. The molecular weight excluding hydrogens is 244 g/mol. The zero-order valence-corrected chi connectivity index (χ0v) is 10.4. The highest BCUT2D eigenvalue weighted by atomic mass is 16.5. The maximum Gasteiger partial charge on any atom is 0.229 e. The van der Waals surface area contributed by atoms with Crippen LogP contribution in [0.25, 0.3) is 5.57 Å². The number of benzene rings is 1. The third-order valence-corrected chi connectivity index (χ3v) is 3.55. The van der Waals surface area contributed by atoms with Gasteiger partial charge in [-0.2, -0.15) is 0 Å². The van der Waals surface area contributed by atoms with Crippen LogP contribution in [0.4, 0.5) is 0 Å². The summed E-state index contributed by atoms with van der Waals surface area (Å²) in [6.07, 6.45) is 2.12. The minimum Gasteiger partial charge on any atom is -0.507 e. The molecule has 4 nitrogen and oxygen atoms in total. The lowest BCUT2D eigenvalue weighted by Gasteiger charge is -2.25. The zero-order chi connectivity index (χ0) is 13.6. The number of fused-ring (bicyclic) bond motifs is 2. The lowest BCUT2D eigenvalue weighted by Crippen LogP contribution is -2.24. The van der Waals surface area contributed by atoms with Crippen LogP contribution in [0, 0.1) is 0 Å². The summed E-state index contributed by atoms with van der Waals surface area (Å²) in [5.74, 6) is -0.726. The third kappa shape index (κ3) is 1.60. The Balaban J connectivity index is 2.31. The first-order chi connectivity index (χ1) is 9.13. The molecule has 0 aromatic heterocycles. The molecule has 1 aromatic carbocycles. The highest BCUT2D eigenvalue weighted by Gasteiger charge is 2.34. The molecule has 1 aromatic rings. The fraction of sp³-hybridized carbons (Fsp3) is 0.200. The van der Waals surface area contributed by atoms with E-state index in [9.17, 15) is 14.7 Å². The summed E-state index contributed by atoms with van der Waals surface area (Å²) in [6, 6.07) is 5.60. The van der Waals surface area contributed by atoms with Gasteiger partial charge in [-0.1, -0.05) is 12.1 Å². The van der Waals surface area contributed by atoms with Crippen LogP contribution in [-0.4, -0.2) is 23.8 Å². The Kier molecular flexibility index (Phi) is 2.52. The Hall–Kier alpha value is -2.36. The van der Waals surface area contributed by atoms with Gasteiger partial charge in [0.2, 0.25) is 11.6 Å². The van der Waals surface area contributed by atoms with E-state index in [0.29, 0.717) is 29.7 Å². The largest absolute Gasteiger partial charge is 0.507 e. The minimum absolute atomic E-state index is 0.148. The molecule has 2 aliphatic carbocycles. The van der Waals surface area contributed by atoms with Gasteiger partial charge in [0.25, 0.3) is 0 Å². The molecule has 0 saturated carbocycles. The maximum atomic E-state index is 11.9. The second-order valence-electron chi connectivity index (χ2n) is 4.57. The fourth-order valence-electron chi connectivity index (χ4n) is 2.69. The second kappa shape index (κ2) is 4.09.